The number of halogens is 3. The second-order valence-electron chi connectivity index (χ2n) is 4.31. The Morgan fingerprint density at radius 2 is 1.95 bits per heavy atom. The SMILES string of the molecule is Nc1cncc(N2CCn3c(nnc3C(F)(F)F)C2)n1. The first-order valence-corrected chi connectivity index (χ1v) is 5.77. The van der Waals surface area contributed by atoms with Crippen LogP contribution in [0.1, 0.15) is 11.6 Å². The summed E-state index contributed by atoms with van der Waals surface area (Å²) in [5, 5.41) is 6.81. The van der Waals surface area contributed by atoms with Crippen molar-refractivity contribution < 1.29 is 13.2 Å². The fraction of sp³-hybridized carbons (Fsp3) is 0.400. The summed E-state index contributed by atoms with van der Waals surface area (Å²) < 4.78 is 39.2. The zero-order chi connectivity index (χ0) is 14.3. The van der Waals surface area contributed by atoms with Gasteiger partial charge in [-0.3, -0.25) is 4.98 Å². The summed E-state index contributed by atoms with van der Waals surface area (Å²) in [6.07, 6.45) is -1.59. The highest BCUT2D eigenvalue weighted by Gasteiger charge is 2.39. The van der Waals surface area contributed by atoms with E-state index in [1.165, 1.54) is 12.4 Å². The third-order valence-electron chi connectivity index (χ3n) is 2.97. The van der Waals surface area contributed by atoms with Crippen molar-refractivity contribution >= 4 is 11.6 Å². The van der Waals surface area contributed by atoms with Gasteiger partial charge in [-0.15, -0.1) is 10.2 Å². The molecule has 1 aliphatic heterocycles. The van der Waals surface area contributed by atoms with Crippen molar-refractivity contribution in [3.05, 3.63) is 24.0 Å². The number of nitrogen functional groups attached to an aromatic ring is 1. The van der Waals surface area contributed by atoms with Gasteiger partial charge in [0.1, 0.15) is 11.6 Å². The standard InChI is InChI=1S/C10H10F3N7/c11-10(12,13)9-18-17-8-5-19(1-2-20(8)9)7-4-15-3-6(14)16-7/h3-4H,1-2,5H2,(H2,14,16). The molecule has 0 radical (unpaired) electrons. The van der Waals surface area contributed by atoms with Gasteiger partial charge in [0.05, 0.1) is 18.9 Å². The highest BCUT2D eigenvalue weighted by Crippen LogP contribution is 2.30. The molecule has 20 heavy (non-hydrogen) atoms. The first kappa shape index (κ1) is 12.6. The lowest BCUT2D eigenvalue weighted by Gasteiger charge is -2.28. The summed E-state index contributed by atoms with van der Waals surface area (Å²) in [5.41, 5.74) is 5.54. The summed E-state index contributed by atoms with van der Waals surface area (Å²) in [4.78, 5) is 9.75. The molecule has 0 aromatic carbocycles. The first-order chi connectivity index (χ1) is 9.45. The average Bonchev–Trinajstić information content (AvgIpc) is 2.81. The van der Waals surface area contributed by atoms with Gasteiger partial charge in [-0.05, 0) is 0 Å². The van der Waals surface area contributed by atoms with Crippen molar-refractivity contribution in [2.45, 2.75) is 19.3 Å². The van der Waals surface area contributed by atoms with E-state index >= 15 is 0 Å². The number of hydrogen-bond donors (Lipinski definition) is 1. The van der Waals surface area contributed by atoms with E-state index in [1.54, 1.807) is 4.90 Å². The van der Waals surface area contributed by atoms with Crippen molar-refractivity contribution in [2.24, 2.45) is 0 Å². The molecule has 0 unspecified atom stereocenters. The van der Waals surface area contributed by atoms with E-state index in [9.17, 15) is 13.2 Å². The van der Waals surface area contributed by atoms with Crippen molar-refractivity contribution in [1.29, 1.82) is 0 Å². The summed E-state index contributed by atoms with van der Waals surface area (Å²) in [5.74, 6) is 0.0388. The highest BCUT2D eigenvalue weighted by atomic mass is 19.4. The van der Waals surface area contributed by atoms with Crippen molar-refractivity contribution in [1.82, 2.24) is 24.7 Å². The van der Waals surface area contributed by atoms with Crippen LogP contribution in [-0.2, 0) is 19.3 Å². The van der Waals surface area contributed by atoms with Crippen LogP contribution in [0.15, 0.2) is 12.4 Å². The van der Waals surface area contributed by atoms with E-state index in [4.69, 9.17) is 5.73 Å². The second kappa shape index (κ2) is 4.32. The van der Waals surface area contributed by atoms with Gasteiger partial charge in [0.2, 0.25) is 5.82 Å². The van der Waals surface area contributed by atoms with Crippen LogP contribution in [0, 0.1) is 0 Å². The quantitative estimate of drug-likeness (QED) is 0.829. The number of nitrogens with zero attached hydrogens (tertiary/aromatic N) is 6. The topological polar surface area (TPSA) is 85.8 Å². The molecule has 10 heteroatoms. The molecular weight excluding hydrogens is 275 g/mol. The predicted octanol–water partition coefficient (Wildman–Crippen LogP) is 0.689. The van der Waals surface area contributed by atoms with E-state index in [0.29, 0.717) is 12.4 Å². The second-order valence-corrected chi connectivity index (χ2v) is 4.31. The maximum absolute atomic E-state index is 12.7. The van der Waals surface area contributed by atoms with Crippen LogP contribution in [0.2, 0.25) is 0 Å². The van der Waals surface area contributed by atoms with E-state index in [0.717, 1.165) is 4.57 Å². The summed E-state index contributed by atoms with van der Waals surface area (Å²) in [7, 11) is 0. The Morgan fingerprint density at radius 1 is 1.15 bits per heavy atom. The fourth-order valence-corrected chi connectivity index (χ4v) is 2.09. The smallest absolute Gasteiger partial charge is 0.382 e. The molecule has 2 aromatic rings. The molecule has 0 spiro atoms. The molecule has 106 valence electrons. The maximum Gasteiger partial charge on any atom is 0.451 e. The molecule has 0 aliphatic carbocycles. The lowest BCUT2D eigenvalue weighted by atomic mass is 10.3. The highest BCUT2D eigenvalue weighted by molar-refractivity contribution is 5.42. The van der Waals surface area contributed by atoms with Gasteiger partial charge in [-0.2, -0.15) is 13.2 Å². The van der Waals surface area contributed by atoms with E-state index in [1.807, 2.05) is 0 Å². The molecule has 0 amide bonds. The number of alkyl halides is 3. The van der Waals surface area contributed by atoms with E-state index in [-0.39, 0.29) is 24.7 Å². The molecule has 1 aliphatic rings. The zero-order valence-corrected chi connectivity index (χ0v) is 10.2. The lowest BCUT2D eigenvalue weighted by molar-refractivity contribution is -0.147. The van der Waals surface area contributed by atoms with Gasteiger partial charge in [-0.25, -0.2) is 4.98 Å². The Kier molecular flexibility index (Phi) is 2.73. The summed E-state index contributed by atoms with van der Waals surface area (Å²) in [6.45, 7) is 0.668. The molecule has 0 bridgehead atoms. The van der Waals surface area contributed by atoms with E-state index < -0.39 is 12.0 Å². The minimum absolute atomic E-state index is 0.133. The summed E-state index contributed by atoms with van der Waals surface area (Å²) >= 11 is 0. The number of aromatic nitrogens is 5. The summed E-state index contributed by atoms with van der Waals surface area (Å²) in [6, 6.07) is 0. The predicted molar refractivity (Wildman–Crippen MR) is 62.5 cm³/mol. The minimum Gasteiger partial charge on any atom is -0.382 e. The normalized spacial score (nSPS) is 15.2. The Hall–Kier alpha value is -2.39. The van der Waals surface area contributed by atoms with E-state index in [2.05, 4.69) is 20.2 Å². The molecule has 0 fully saturated rings. The van der Waals surface area contributed by atoms with Gasteiger partial charge in [0, 0.05) is 13.1 Å². The molecule has 3 heterocycles. The Labute approximate surface area is 111 Å². The van der Waals surface area contributed by atoms with Gasteiger partial charge < -0.3 is 15.2 Å². The first-order valence-electron chi connectivity index (χ1n) is 5.77. The Balaban J connectivity index is 1.88. The monoisotopic (exact) mass is 285 g/mol. The van der Waals surface area contributed by atoms with Crippen molar-refractivity contribution in [2.75, 3.05) is 17.2 Å². The molecular formula is C10H10F3N7. The third-order valence-corrected chi connectivity index (χ3v) is 2.97. The van der Waals surface area contributed by atoms with Crippen LogP contribution in [0.3, 0.4) is 0 Å². The molecule has 3 rings (SSSR count). The van der Waals surface area contributed by atoms with Crippen molar-refractivity contribution in [3.63, 3.8) is 0 Å². The number of rotatable bonds is 1. The van der Waals surface area contributed by atoms with Crippen molar-refractivity contribution in [3.8, 4) is 0 Å². The minimum atomic E-state index is -4.50. The number of hydrogen-bond acceptors (Lipinski definition) is 6. The Morgan fingerprint density at radius 3 is 2.65 bits per heavy atom. The third kappa shape index (κ3) is 2.12. The van der Waals surface area contributed by atoms with Crippen LogP contribution in [-0.4, -0.2) is 31.3 Å². The average molecular weight is 285 g/mol. The van der Waals surface area contributed by atoms with Gasteiger partial charge in [0.15, 0.2) is 5.82 Å². The Bertz CT molecular complexity index is 636. The molecule has 0 saturated heterocycles. The van der Waals surface area contributed by atoms with Gasteiger partial charge in [-0.1, -0.05) is 0 Å². The van der Waals surface area contributed by atoms with Crippen LogP contribution in [0.5, 0.6) is 0 Å². The van der Waals surface area contributed by atoms with Crippen LogP contribution >= 0.6 is 0 Å². The fourth-order valence-electron chi connectivity index (χ4n) is 2.09. The number of nitrogens with two attached hydrogens (primary N) is 1. The molecule has 0 atom stereocenters. The largest absolute Gasteiger partial charge is 0.451 e. The lowest BCUT2D eigenvalue weighted by Crippen LogP contribution is -2.35. The molecule has 2 aromatic heterocycles. The number of fused-ring (bicyclic) bond motifs is 1. The van der Waals surface area contributed by atoms with Gasteiger partial charge >= 0.3 is 6.18 Å². The number of anilines is 2. The molecule has 2 N–H and O–H groups in total. The van der Waals surface area contributed by atoms with Gasteiger partial charge in [0.25, 0.3) is 0 Å². The maximum atomic E-state index is 12.7. The molecule has 7 nitrogen and oxygen atoms in total. The van der Waals surface area contributed by atoms with Crippen LogP contribution < -0.4 is 10.6 Å². The molecule has 0 saturated carbocycles. The zero-order valence-electron chi connectivity index (χ0n) is 10.2. The van der Waals surface area contributed by atoms with Crippen LogP contribution in [0.25, 0.3) is 0 Å². The van der Waals surface area contributed by atoms with Crippen LogP contribution in [0.4, 0.5) is 24.8 Å².